The van der Waals surface area contributed by atoms with Crippen LogP contribution in [0, 0.1) is 0 Å². The maximum absolute atomic E-state index is 3.83. The molecule has 1 aliphatic rings. The Morgan fingerprint density at radius 3 is 2.79 bits per heavy atom. The van der Waals surface area contributed by atoms with Crippen molar-refractivity contribution in [2.45, 2.75) is 19.0 Å². The second-order valence-electron chi connectivity index (χ2n) is 4.27. The highest BCUT2D eigenvalue weighted by atomic mass is 15.3. The van der Waals surface area contributed by atoms with E-state index >= 15 is 0 Å². The zero-order chi connectivity index (χ0) is 10.6. The number of likely N-dealkylation sites (N-methyl/N-ethyl adjacent to an activating group) is 2. The van der Waals surface area contributed by atoms with Gasteiger partial charge < -0.3 is 10.2 Å². The monoisotopic (exact) mass is 197 g/mol. The van der Waals surface area contributed by atoms with Crippen LogP contribution in [0.3, 0.4) is 0 Å². The molecular formula is C11H23N3. The van der Waals surface area contributed by atoms with Crippen LogP contribution >= 0.6 is 0 Å². The highest BCUT2D eigenvalue weighted by molar-refractivity contribution is 4.90. The molecule has 1 saturated heterocycles. The fraction of sp³-hybridized carbons (Fsp3) is 0.818. The van der Waals surface area contributed by atoms with Crippen molar-refractivity contribution in [1.29, 1.82) is 0 Å². The summed E-state index contributed by atoms with van der Waals surface area (Å²) < 4.78 is 0. The summed E-state index contributed by atoms with van der Waals surface area (Å²) in [5.41, 5.74) is 0. The smallest absolute Gasteiger partial charge is 0.0354 e. The van der Waals surface area contributed by atoms with Crippen molar-refractivity contribution in [2.75, 3.05) is 40.3 Å². The van der Waals surface area contributed by atoms with Gasteiger partial charge in [-0.2, -0.15) is 0 Å². The Hall–Kier alpha value is -0.380. The molecule has 1 rings (SSSR count). The minimum Gasteiger partial charge on any atom is -0.318 e. The van der Waals surface area contributed by atoms with Crippen LogP contribution in [-0.4, -0.2) is 62.2 Å². The van der Waals surface area contributed by atoms with E-state index in [2.05, 4.69) is 35.7 Å². The number of hydrogen-bond acceptors (Lipinski definition) is 3. The molecule has 3 nitrogen and oxygen atoms in total. The molecule has 0 aromatic carbocycles. The Balaban J connectivity index is 2.59. The van der Waals surface area contributed by atoms with Gasteiger partial charge in [0.05, 0.1) is 0 Å². The zero-order valence-electron chi connectivity index (χ0n) is 9.66. The fourth-order valence-corrected chi connectivity index (χ4v) is 2.35. The van der Waals surface area contributed by atoms with Crippen molar-refractivity contribution in [1.82, 2.24) is 15.1 Å². The van der Waals surface area contributed by atoms with Crippen molar-refractivity contribution in [3.63, 3.8) is 0 Å². The number of rotatable bonds is 4. The molecule has 1 fully saturated rings. The summed E-state index contributed by atoms with van der Waals surface area (Å²) in [6, 6.07) is 1.25. The second kappa shape index (κ2) is 5.49. The molecule has 3 heteroatoms. The van der Waals surface area contributed by atoms with Gasteiger partial charge in [0.25, 0.3) is 0 Å². The highest BCUT2D eigenvalue weighted by Crippen LogP contribution is 2.13. The molecule has 0 aliphatic carbocycles. The first-order chi connectivity index (χ1) is 6.69. The van der Waals surface area contributed by atoms with Crippen LogP contribution in [0.15, 0.2) is 12.7 Å². The molecule has 14 heavy (non-hydrogen) atoms. The molecule has 0 radical (unpaired) electrons. The largest absolute Gasteiger partial charge is 0.318 e. The molecule has 0 spiro atoms. The van der Waals surface area contributed by atoms with Crippen molar-refractivity contribution >= 4 is 0 Å². The van der Waals surface area contributed by atoms with E-state index in [1.807, 2.05) is 13.1 Å². The lowest BCUT2D eigenvalue weighted by atomic mass is 10.1. The lowest BCUT2D eigenvalue weighted by Gasteiger charge is -2.44. The summed E-state index contributed by atoms with van der Waals surface area (Å²) >= 11 is 0. The van der Waals surface area contributed by atoms with Crippen LogP contribution < -0.4 is 5.32 Å². The van der Waals surface area contributed by atoms with Gasteiger partial charge in [0.1, 0.15) is 0 Å². The van der Waals surface area contributed by atoms with E-state index in [0.717, 1.165) is 26.2 Å². The second-order valence-corrected chi connectivity index (χ2v) is 4.27. The van der Waals surface area contributed by atoms with E-state index in [1.54, 1.807) is 0 Å². The fourth-order valence-electron chi connectivity index (χ4n) is 2.35. The first kappa shape index (κ1) is 11.7. The van der Waals surface area contributed by atoms with E-state index in [9.17, 15) is 0 Å². The van der Waals surface area contributed by atoms with Crippen molar-refractivity contribution in [2.24, 2.45) is 0 Å². The van der Waals surface area contributed by atoms with E-state index < -0.39 is 0 Å². The standard InChI is InChI=1S/C11H23N3/c1-5-6-14-10(2)8-13(4)9-11(14)7-12-3/h5,10-12H,1,6-9H2,2-4H3. The van der Waals surface area contributed by atoms with Crippen LogP contribution in [-0.2, 0) is 0 Å². The molecule has 0 aromatic heterocycles. The number of nitrogens with one attached hydrogen (secondary N) is 1. The first-order valence-corrected chi connectivity index (χ1v) is 5.38. The Labute approximate surface area is 87.8 Å². The van der Waals surface area contributed by atoms with E-state index in [4.69, 9.17) is 0 Å². The van der Waals surface area contributed by atoms with E-state index in [1.165, 1.54) is 0 Å². The van der Waals surface area contributed by atoms with Gasteiger partial charge in [0.2, 0.25) is 0 Å². The Morgan fingerprint density at radius 2 is 2.21 bits per heavy atom. The third kappa shape index (κ3) is 2.80. The average molecular weight is 197 g/mol. The predicted molar refractivity (Wildman–Crippen MR) is 61.6 cm³/mol. The summed E-state index contributed by atoms with van der Waals surface area (Å²) in [5.74, 6) is 0. The van der Waals surface area contributed by atoms with Crippen molar-refractivity contribution in [3.05, 3.63) is 12.7 Å². The molecule has 1 heterocycles. The minimum absolute atomic E-state index is 0.617. The topological polar surface area (TPSA) is 18.5 Å². The summed E-state index contributed by atoms with van der Waals surface area (Å²) in [4.78, 5) is 4.94. The van der Waals surface area contributed by atoms with Crippen LogP contribution in [0.25, 0.3) is 0 Å². The van der Waals surface area contributed by atoms with Crippen LogP contribution in [0.1, 0.15) is 6.92 Å². The Bertz CT molecular complexity index is 181. The predicted octanol–water partition coefficient (Wildman–Crippen LogP) is 0.396. The molecule has 82 valence electrons. The van der Waals surface area contributed by atoms with Crippen LogP contribution in [0.2, 0.25) is 0 Å². The molecule has 1 aliphatic heterocycles. The lowest BCUT2D eigenvalue weighted by Crippen LogP contribution is -2.59. The summed E-state index contributed by atoms with van der Waals surface area (Å²) in [7, 11) is 4.22. The normalized spacial score (nSPS) is 30.5. The quantitative estimate of drug-likeness (QED) is 0.658. The third-order valence-corrected chi connectivity index (χ3v) is 2.91. The molecule has 0 amide bonds. The minimum atomic E-state index is 0.617. The SMILES string of the molecule is C=CCN1C(C)CN(C)CC1CNC. The van der Waals surface area contributed by atoms with Gasteiger partial charge in [0, 0.05) is 38.3 Å². The van der Waals surface area contributed by atoms with Gasteiger partial charge in [-0.3, -0.25) is 4.90 Å². The highest BCUT2D eigenvalue weighted by Gasteiger charge is 2.28. The van der Waals surface area contributed by atoms with E-state index in [-0.39, 0.29) is 0 Å². The number of nitrogens with zero attached hydrogens (tertiary/aromatic N) is 2. The zero-order valence-corrected chi connectivity index (χ0v) is 9.66. The maximum Gasteiger partial charge on any atom is 0.0354 e. The molecule has 1 N–H and O–H groups in total. The Kier molecular flexibility index (Phi) is 4.58. The molecule has 0 bridgehead atoms. The summed E-state index contributed by atoms with van der Waals surface area (Å²) in [6.45, 7) is 10.5. The maximum atomic E-state index is 3.83. The van der Waals surface area contributed by atoms with Gasteiger partial charge in [-0.15, -0.1) is 6.58 Å². The lowest BCUT2D eigenvalue weighted by molar-refractivity contribution is 0.0545. The molecule has 2 unspecified atom stereocenters. The third-order valence-electron chi connectivity index (χ3n) is 2.91. The van der Waals surface area contributed by atoms with Gasteiger partial charge >= 0.3 is 0 Å². The number of piperazine rings is 1. The molecule has 0 saturated carbocycles. The summed E-state index contributed by atoms with van der Waals surface area (Å²) in [6.07, 6.45) is 2.00. The van der Waals surface area contributed by atoms with Crippen LogP contribution in [0.4, 0.5) is 0 Å². The van der Waals surface area contributed by atoms with E-state index in [0.29, 0.717) is 12.1 Å². The first-order valence-electron chi connectivity index (χ1n) is 5.38. The summed E-state index contributed by atoms with van der Waals surface area (Å²) in [5, 5.41) is 3.26. The molecule has 0 aromatic rings. The Morgan fingerprint density at radius 1 is 1.50 bits per heavy atom. The van der Waals surface area contributed by atoms with Gasteiger partial charge in [-0.25, -0.2) is 0 Å². The number of hydrogen-bond donors (Lipinski definition) is 1. The van der Waals surface area contributed by atoms with Crippen LogP contribution in [0.5, 0.6) is 0 Å². The average Bonchev–Trinajstić information content (AvgIpc) is 2.11. The molecule has 2 atom stereocenters. The van der Waals surface area contributed by atoms with Gasteiger partial charge in [0.15, 0.2) is 0 Å². The van der Waals surface area contributed by atoms with Gasteiger partial charge in [-0.05, 0) is 21.0 Å². The van der Waals surface area contributed by atoms with Gasteiger partial charge in [-0.1, -0.05) is 6.08 Å². The molecular weight excluding hydrogens is 174 g/mol. The van der Waals surface area contributed by atoms with Crippen molar-refractivity contribution in [3.8, 4) is 0 Å². The van der Waals surface area contributed by atoms with Crippen molar-refractivity contribution < 1.29 is 0 Å².